The van der Waals surface area contributed by atoms with Crippen molar-refractivity contribution < 1.29 is 9.90 Å². The predicted molar refractivity (Wildman–Crippen MR) is 80.7 cm³/mol. The molecule has 1 aliphatic rings. The summed E-state index contributed by atoms with van der Waals surface area (Å²) in [6.07, 6.45) is 2.34. The van der Waals surface area contributed by atoms with Crippen LogP contribution in [0.15, 0.2) is 24.3 Å². The normalized spacial score (nSPS) is 20.6. The summed E-state index contributed by atoms with van der Waals surface area (Å²) in [5, 5.41) is 12.6. The van der Waals surface area contributed by atoms with Gasteiger partial charge in [0.15, 0.2) is 0 Å². The first-order chi connectivity index (χ1) is 9.65. The highest BCUT2D eigenvalue weighted by molar-refractivity contribution is 5.79. The van der Waals surface area contributed by atoms with E-state index in [1.165, 1.54) is 0 Å². The Bertz CT molecular complexity index is 444. The molecule has 1 fully saturated rings. The van der Waals surface area contributed by atoms with Crippen LogP contribution >= 0.6 is 0 Å². The third-order valence-electron chi connectivity index (χ3n) is 4.07. The fourth-order valence-electron chi connectivity index (χ4n) is 2.77. The van der Waals surface area contributed by atoms with E-state index in [2.05, 4.69) is 10.2 Å². The molecule has 4 nitrogen and oxygen atoms in total. The van der Waals surface area contributed by atoms with Crippen molar-refractivity contribution in [3.8, 4) is 0 Å². The zero-order valence-corrected chi connectivity index (χ0v) is 12.3. The molecule has 2 N–H and O–H groups in total. The molecule has 1 saturated heterocycles. The number of amides is 1. The third-order valence-corrected chi connectivity index (χ3v) is 4.07. The van der Waals surface area contributed by atoms with E-state index in [-0.39, 0.29) is 17.9 Å². The number of piperidine rings is 1. The highest BCUT2D eigenvalue weighted by atomic mass is 16.3. The number of benzene rings is 1. The molecular weight excluding hydrogens is 252 g/mol. The van der Waals surface area contributed by atoms with Gasteiger partial charge < -0.3 is 15.3 Å². The number of carbonyl (C=O) groups excluding carboxylic acids is 1. The molecule has 0 bridgehead atoms. The van der Waals surface area contributed by atoms with Gasteiger partial charge in [0.25, 0.3) is 0 Å². The fraction of sp³-hybridized carbons (Fsp3) is 0.562. The molecule has 0 aromatic heterocycles. The van der Waals surface area contributed by atoms with Crippen molar-refractivity contribution in [2.75, 3.05) is 25.0 Å². The minimum atomic E-state index is -0.385. The Kier molecular flexibility index (Phi) is 5.01. The van der Waals surface area contributed by atoms with E-state index in [1.54, 1.807) is 7.05 Å². The number of nitrogens with zero attached hydrogens (tertiary/aromatic N) is 1. The Hall–Kier alpha value is -1.55. The van der Waals surface area contributed by atoms with Gasteiger partial charge in [-0.1, -0.05) is 19.1 Å². The van der Waals surface area contributed by atoms with Crippen LogP contribution < -0.4 is 10.2 Å². The molecule has 0 aliphatic carbocycles. The lowest BCUT2D eigenvalue weighted by molar-refractivity contribution is -0.124. The Balaban J connectivity index is 2.05. The highest BCUT2D eigenvalue weighted by Gasteiger charge is 2.25. The number of rotatable bonds is 4. The van der Waals surface area contributed by atoms with E-state index in [0.717, 1.165) is 43.6 Å². The summed E-state index contributed by atoms with van der Waals surface area (Å²) in [4.78, 5) is 14.0. The average molecular weight is 276 g/mol. The van der Waals surface area contributed by atoms with E-state index in [4.69, 9.17) is 0 Å². The number of carbonyl (C=O) groups is 1. The quantitative estimate of drug-likeness (QED) is 0.885. The number of hydrogen-bond acceptors (Lipinski definition) is 3. The molecule has 1 unspecified atom stereocenters. The van der Waals surface area contributed by atoms with E-state index in [0.29, 0.717) is 0 Å². The van der Waals surface area contributed by atoms with E-state index >= 15 is 0 Å². The van der Waals surface area contributed by atoms with Crippen LogP contribution in [0.2, 0.25) is 0 Å². The van der Waals surface area contributed by atoms with Crippen LogP contribution in [0.4, 0.5) is 5.69 Å². The number of anilines is 1. The number of hydrogen-bond donors (Lipinski definition) is 2. The zero-order chi connectivity index (χ0) is 14.5. The number of nitrogens with one attached hydrogen (secondary N) is 1. The maximum Gasteiger partial charge on any atom is 0.224 e. The van der Waals surface area contributed by atoms with E-state index in [9.17, 15) is 9.90 Å². The molecule has 4 heteroatoms. The fourth-order valence-corrected chi connectivity index (χ4v) is 2.77. The van der Waals surface area contributed by atoms with Gasteiger partial charge in [-0.15, -0.1) is 0 Å². The molecule has 0 radical (unpaired) electrons. The second-order valence-electron chi connectivity index (χ2n) is 5.41. The zero-order valence-electron chi connectivity index (χ0n) is 12.3. The molecule has 20 heavy (non-hydrogen) atoms. The minimum absolute atomic E-state index is 0.0784. The van der Waals surface area contributed by atoms with Crippen molar-refractivity contribution in [1.82, 2.24) is 5.32 Å². The molecule has 0 spiro atoms. The molecular formula is C16H24N2O2. The van der Waals surface area contributed by atoms with Crippen molar-refractivity contribution in [2.45, 2.75) is 32.3 Å². The Labute approximate surface area is 120 Å². The van der Waals surface area contributed by atoms with Crippen molar-refractivity contribution >= 4 is 11.6 Å². The molecule has 1 aliphatic heterocycles. The summed E-state index contributed by atoms with van der Waals surface area (Å²) in [7, 11) is 1.70. The summed E-state index contributed by atoms with van der Waals surface area (Å²) in [6.45, 7) is 3.73. The monoisotopic (exact) mass is 276 g/mol. The third kappa shape index (κ3) is 3.31. The highest BCUT2D eigenvalue weighted by Crippen LogP contribution is 2.25. The predicted octanol–water partition coefficient (Wildman–Crippen LogP) is 2.09. The molecule has 110 valence electrons. The van der Waals surface area contributed by atoms with Gasteiger partial charge in [0.1, 0.15) is 0 Å². The summed E-state index contributed by atoms with van der Waals surface area (Å²) < 4.78 is 0. The summed E-state index contributed by atoms with van der Waals surface area (Å²) >= 11 is 0. The Morgan fingerprint density at radius 1 is 1.45 bits per heavy atom. The average Bonchev–Trinajstić information content (AvgIpc) is 2.53. The molecule has 0 saturated carbocycles. The first-order valence-corrected chi connectivity index (χ1v) is 7.40. The van der Waals surface area contributed by atoms with Crippen LogP contribution in [-0.2, 0) is 4.79 Å². The summed E-state index contributed by atoms with van der Waals surface area (Å²) in [6, 6.07) is 8.04. The maximum absolute atomic E-state index is 11.8. The van der Waals surface area contributed by atoms with Crippen LogP contribution in [0.5, 0.6) is 0 Å². The number of aliphatic hydroxyl groups excluding tert-OH is 1. The number of aliphatic hydroxyl groups is 1. The van der Waals surface area contributed by atoms with Gasteiger partial charge in [-0.3, -0.25) is 4.79 Å². The van der Waals surface area contributed by atoms with Crippen LogP contribution in [0.25, 0.3) is 0 Å². The first kappa shape index (κ1) is 14.9. The van der Waals surface area contributed by atoms with Gasteiger partial charge in [0, 0.05) is 25.8 Å². The molecule has 1 aromatic carbocycles. The van der Waals surface area contributed by atoms with E-state index in [1.807, 2.05) is 31.2 Å². The SMILES string of the molecule is CC[C@@H](O)c1ccc(N2CCCC(C(=O)NC)C2)cc1. The van der Waals surface area contributed by atoms with Gasteiger partial charge in [0.05, 0.1) is 12.0 Å². The van der Waals surface area contributed by atoms with Crippen LogP contribution in [0.1, 0.15) is 37.9 Å². The van der Waals surface area contributed by atoms with Crippen molar-refractivity contribution in [3.05, 3.63) is 29.8 Å². The van der Waals surface area contributed by atoms with Crippen LogP contribution in [-0.4, -0.2) is 31.2 Å². The molecule has 1 heterocycles. The van der Waals surface area contributed by atoms with Gasteiger partial charge >= 0.3 is 0 Å². The minimum Gasteiger partial charge on any atom is -0.388 e. The lowest BCUT2D eigenvalue weighted by atomic mass is 9.96. The molecule has 1 amide bonds. The Morgan fingerprint density at radius 3 is 2.75 bits per heavy atom. The van der Waals surface area contributed by atoms with Crippen molar-refractivity contribution in [1.29, 1.82) is 0 Å². The van der Waals surface area contributed by atoms with Gasteiger partial charge in [-0.2, -0.15) is 0 Å². The van der Waals surface area contributed by atoms with Gasteiger partial charge in [0.2, 0.25) is 5.91 Å². The lowest BCUT2D eigenvalue weighted by Gasteiger charge is -2.33. The summed E-state index contributed by atoms with van der Waals surface area (Å²) in [5.74, 6) is 0.211. The Morgan fingerprint density at radius 2 is 2.15 bits per heavy atom. The molecule has 2 rings (SSSR count). The lowest BCUT2D eigenvalue weighted by Crippen LogP contribution is -2.42. The molecule has 1 aromatic rings. The topological polar surface area (TPSA) is 52.6 Å². The standard InChI is InChI=1S/C16H24N2O2/c1-3-15(19)12-6-8-14(9-7-12)18-10-4-5-13(11-18)16(20)17-2/h6-9,13,15,19H,3-5,10-11H2,1-2H3,(H,17,20)/t13?,15-/m1/s1. The van der Waals surface area contributed by atoms with Crippen molar-refractivity contribution in [3.63, 3.8) is 0 Å². The van der Waals surface area contributed by atoms with Crippen LogP contribution in [0.3, 0.4) is 0 Å². The molecule has 2 atom stereocenters. The largest absolute Gasteiger partial charge is 0.388 e. The second-order valence-corrected chi connectivity index (χ2v) is 5.41. The van der Waals surface area contributed by atoms with Gasteiger partial charge in [-0.05, 0) is 37.0 Å². The first-order valence-electron chi connectivity index (χ1n) is 7.40. The smallest absolute Gasteiger partial charge is 0.224 e. The van der Waals surface area contributed by atoms with Crippen molar-refractivity contribution in [2.24, 2.45) is 5.92 Å². The van der Waals surface area contributed by atoms with Crippen LogP contribution in [0, 0.1) is 5.92 Å². The second kappa shape index (κ2) is 6.75. The maximum atomic E-state index is 11.8. The van der Waals surface area contributed by atoms with E-state index < -0.39 is 0 Å². The summed E-state index contributed by atoms with van der Waals surface area (Å²) in [5.41, 5.74) is 2.08. The van der Waals surface area contributed by atoms with Gasteiger partial charge in [-0.25, -0.2) is 0 Å².